The Morgan fingerprint density at radius 3 is 2.58 bits per heavy atom. The molecule has 0 aliphatic carbocycles. The van der Waals surface area contributed by atoms with Crippen molar-refractivity contribution in [3.05, 3.63) is 28.2 Å². The molecule has 1 unspecified atom stereocenters. The molecule has 4 heteroatoms. The lowest BCUT2D eigenvalue weighted by Crippen LogP contribution is -1.93. The highest BCUT2D eigenvalue weighted by Crippen LogP contribution is 2.22. The molecule has 0 heterocycles. The molecule has 1 aromatic rings. The summed E-state index contributed by atoms with van der Waals surface area (Å²) in [5, 5.41) is 0. The third kappa shape index (κ3) is 2.25. The van der Waals surface area contributed by atoms with Crippen LogP contribution in [0.4, 0.5) is 0 Å². The molecule has 0 bridgehead atoms. The lowest BCUT2D eigenvalue weighted by molar-refractivity contribution is 0.689. The molecule has 0 aliphatic rings. The second-order valence-corrected chi connectivity index (χ2v) is 6.55. The van der Waals surface area contributed by atoms with E-state index in [9.17, 15) is 4.21 Å². The highest BCUT2D eigenvalue weighted by molar-refractivity contribution is 9.10. The normalized spacial score (nSPS) is 15.6. The highest BCUT2D eigenvalue weighted by atomic mass is 79.9. The number of rotatable bonds is 1. The Bertz CT molecular complexity index is 398. The summed E-state index contributed by atoms with van der Waals surface area (Å²) in [7, 11) is 3.02. The van der Waals surface area contributed by atoms with Gasteiger partial charge in [-0.3, -0.25) is 0 Å². The Morgan fingerprint density at radius 1 is 1.58 bits per heavy atom. The van der Waals surface area contributed by atoms with E-state index in [0.29, 0.717) is 4.90 Å². The molecule has 0 aliphatic heterocycles. The van der Waals surface area contributed by atoms with Gasteiger partial charge in [-0.2, -0.15) is 0 Å². The largest absolute Gasteiger partial charge is 0.248 e. The number of hydrogen-bond acceptors (Lipinski definition) is 1. The van der Waals surface area contributed by atoms with Crippen molar-refractivity contribution in [1.29, 1.82) is 0 Å². The molecule has 12 heavy (non-hydrogen) atoms. The van der Waals surface area contributed by atoms with Crippen molar-refractivity contribution in [3.8, 4) is 0 Å². The number of aryl methyl sites for hydroxylation is 1. The first-order valence-corrected chi connectivity index (χ1v) is 6.59. The number of halogens is 2. The summed E-state index contributed by atoms with van der Waals surface area (Å²) in [5.74, 6) is 3.41. The second kappa shape index (κ2) is 3.40. The van der Waals surface area contributed by atoms with Crippen LogP contribution in [0.5, 0.6) is 0 Å². The van der Waals surface area contributed by atoms with E-state index in [1.54, 1.807) is 12.1 Å². The molecule has 0 saturated carbocycles. The molecule has 1 nitrogen and oxygen atoms in total. The van der Waals surface area contributed by atoms with Crippen molar-refractivity contribution in [3.63, 3.8) is 0 Å². The first kappa shape index (κ1) is 10.1. The van der Waals surface area contributed by atoms with Crippen molar-refractivity contribution in [2.24, 2.45) is 0 Å². The van der Waals surface area contributed by atoms with Crippen molar-refractivity contribution >= 4 is 41.2 Å². The van der Waals surface area contributed by atoms with Gasteiger partial charge in [0, 0.05) is 9.37 Å². The van der Waals surface area contributed by atoms with Gasteiger partial charge in [0.15, 0.2) is 0 Å². The van der Waals surface area contributed by atoms with Crippen molar-refractivity contribution in [2.75, 3.05) is 0 Å². The first-order chi connectivity index (χ1) is 5.41. The fraction of sp³-hybridized carbons (Fsp3) is 0.125. The SMILES string of the molecule is C=S(=O)(Cl)c1ccc(Br)cc1C. The van der Waals surface area contributed by atoms with E-state index >= 15 is 0 Å². The van der Waals surface area contributed by atoms with E-state index in [2.05, 4.69) is 21.8 Å². The standard InChI is InChI=1S/C8H8BrClOS/c1-6-5-7(9)3-4-8(6)12(2,10)11/h3-5H,2H2,1H3. The van der Waals surface area contributed by atoms with Crippen LogP contribution in [0, 0.1) is 6.92 Å². The van der Waals surface area contributed by atoms with Crippen LogP contribution in [0.25, 0.3) is 0 Å². The number of benzene rings is 1. The van der Waals surface area contributed by atoms with Crippen LogP contribution in [0.15, 0.2) is 27.6 Å². The summed E-state index contributed by atoms with van der Waals surface area (Å²) in [6.07, 6.45) is 0. The summed E-state index contributed by atoms with van der Waals surface area (Å²) in [6.45, 7) is 1.85. The third-order valence-electron chi connectivity index (χ3n) is 1.47. The van der Waals surface area contributed by atoms with Crippen LogP contribution in [0.1, 0.15) is 5.56 Å². The predicted molar refractivity (Wildman–Crippen MR) is 58.3 cm³/mol. The fourth-order valence-electron chi connectivity index (χ4n) is 0.955. The Labute approximate surface area is 85.4 Å². The first-order valence-electron chi connectivity index (χ1n) is 3.24. The van der Waals surface area contributed by atoms with E-state index in [1.807, 2.05) is 13.0 Å². The predicted octanol–water partition coefficient (Wildman–Crippen LogP) is 2.99. The van der Waals surface area contributed by atoms with E-state index in [-0.39, 0.29) is 0 Å². The molecule has 0 amide bonds. The third-order valence-corrected chi connectivity index (χ3v) is 3.57. The summed E-state index contributed by atoms with van der Waals surface area (Å²) in [4.78, 5) is 0.604. The van der Waals surface area contributed by atoms with Crippen LogP contribution in [0.2, 0.25) is 0 Å². The summed E-state index contributed by atoms with van der Waals surface area (Å²) < 4.78 is 12.3. The minimum Gasteiger partial charge on any atom is -0.248 e. The Hall–Kier alpha value is 0.01000. The fourth-order valence-corrected chi connectivity index (χ4v) is 2.76. The maximum atomic E-state index is 11.4. The molecule has 0 saturated heterocycles. The monoisotopic (exact) mass is 266 g/mol. The zero-order chi connectivity index (χ0) is 9.35. The second-order valence-electron chi connectivity index (χ2n) is 2.50. The molecule has 0 spiro atoms. The topological polar surface area (TPSA) is 17.1 Å². The van der Waals surface area contributed by atoms with Crippen molar-refractivity contribution in [2.45, 2.75) is 11.8 Å². The maximum absolute atomic E-state index is 11.4. The van der Waals surface area contributed by atoms with E-state index < -0.39 is 8.74 Å². The molecule has 0 fully saturated rings. The van der Waals surface area contributed by atoms with Gasteiger partial charge in [0.05, 0.1) is 8.74 Å². The molecule has 0 radical (unpaired) electrons. The molecule has 66 valence electrons. The van der Waals surface area contributed by atoms with Crippen LogP contribution in [0.3, 0.4) is 0 Å². The van der Waals surface area contributed by atoms with E-state index in [0.717, 1.165) is 10.0 Å². The average molecular weight is 268 g/mol. The van der Waals surface area contributed by atoms with Crippen LogP contribution < -0.4 is 0 Å². The molecule has 0 N–H and O–H groups in total. The molecule has 1 aromatic carbocycles. The van der Waals surface area contributed by atoms with Crippen LogP contribution in [-0.4, -0.2) is 10.1 Å². The van der Waals surface area contributed by atoms with Gasteiger partial charge in [0.25, 0.3) is 0 Å². The quantitative estimate of drug-likeness (QED) is 0.565. The number of hydrogen-bond donors (Lipinski definition) is 0. The van der Waals surface area contributed by atoms with Crippen LogP contribution in [-0.2, 0) is 8.74 Å². The summed E-state index contributed by atoms with van der Waals surface area (Å²) in [6, 6.07) is 5.39. The minimum absolute atomic E-state index is 0.604. The van der Waals surface area contributed by atoms with Crippen molar-refractivity contribution in [1.82, 2.24) is 0 Å². The van der Waals surface area contributed by atoms with Gasteiger partial charge in [0.1, 0.15) is 0 Å². The zero-order valence-corrected chi connectivity index (χ0v) is 9.67. The molecular weight excluding hydrogens is 260 g/mol. The molecule has 1 rings (SSSR count). The Balaban J connectivity index is 3.39. The van der Waals surface area contributed by atoms with E-state index in [4.69, 9.17) is 10.7 Å². The summed E-state index contributed by atoms with van der Waals surface area (Å²) >= 11 is 3.31. The smallest absolute Gasteiger partial charge is 0.0762 e. The molecule has 0 aromatic heterocycles. The molecule has 1 atom stereocenters. The van der Waals surface area contributed by atoms with Crippen molar-refractivity contribution < 1.29 is 4.21 Å². The van der Waals surface area contributed by atoms with Gasteiger partial charge < -0.3 is 0 Å². The lowest BCUT2D eigenvalue weighted by atomic mass is 10.2. The maximum Gasteiger partial charge on any atom is 0.0762 e. The van der Waals surface area contributed by atoms with Gasteiger partial charge >= 0.3 is 0 Å². The van der Waals surface area contributed by atoms with Gasteiger partial charge in [-0.25, -0.2) is 4.21 Å². The minimum atomic E-state index is -2.60. The van der Waals surface area contributed by atoms with Gasteiger partial charge in [-0.05, 0) is 47.2 Å². The van der Waals surface area contributed by atoms with Gasteiger partial charge in [-0.1, -0.05) is 15.9 Å². The van der Waals surface area contributed by atoms with Gasteiger partial charge in [-0.15, -0.1) is 0 Å². The average Bonchev–Trinajstić information content (AvgIpc) is 1.83. The Morgan fingerprint density at radius 2 is 2.17 bits per heavy atom. The van der Waals surface area contributed by atoms with Gasteiger partial charge in [0.2, 0.25) is 0 Å². The Kier molecular flexibility index (Phi) is 2.86. The zero-order valence-electron chi connectivity index (χ0n) is 6.51. The molecular formula is C8H8BrClOS. The lowest BCUT2D eigenvalue weighted by Gasteiger charge is -2.04. The van der Waals surface area contributed by atoms with E-state index in [1.165, 1.54) is 0 Å². The highest BCUT2D eigenvalue weighted by Gasteiger charge is 2.06. The summed E-state index contributed by atoms with van der Waals surface area (Å²) in [5.41, 5.74) is 0.888. The van der Waals surface area contributed by atoms with Crippen LogP contribution >= 0.6 is 26.6 Å².